The van der Waals surface area contributed by atoms with Crippen molar-refractivity contribution in [2.75, 3.05) is 11.8 Å². The predicted molar refractivity (Wildman–Crippen MR) is 90.2 cm³/mol. The second-order valence-corrected chi connectivity index (χ2v) is 7.10. The maximum Gasteiger partial charge on any atom is 0.339 e. The van der Waals surface area contributed by atoms with E-state index in [1.54, 1.807) is 12.1 Å². The van der Waals surface area contributed by atoms with Gasteiger partial charge in [0.05, 0.1) is 23.4 Å². The first-order valence-electron chi connectivity index (χ1n) is 6.75. The number of rotatable bonds is 5. The molecule has 5 nitrogen and oxygen atoms in total. The largest absolute Gasteiger partial charge is 0.465 e. The molecule has 0 aliphatic carbocycles. The van der Waals surface area contributed by atoms with Crippen LogP contribution >= 0.6 is 11.6 Å². The van der Waals surface area contributed by atoms with Gasteiger partial charge in [0.15, 0.2) is 0 Å². The lowest BCUT2D eigenvalue weighted by molar-refractivity contribution is 0.0601. The number of esters is 1. The summed E-state index contributed by atoms with van der Waals surface area (Å²) in [5.41, 5.74) is 1.96. The third-order valence-corrected chi connectivity index (χ3v) is 4.82. The Bertz CT molecular complexity index is 834. The molecule has 1 N–H and O–H groups in total. The fourth-order valence-corrected chi connectivity index (χ4v) is 3.53. The van der Waals surface area contributed by atoms with Crippen molar-refractivity contribution in [3.63, 3.8) is 0 Å². The number of anilines is 1. The number of carbonyl (C=O) groups is 1. The number of nitrogens with one attached hydrogen (secondary N) is 1. The zero-order chi connectivity index (χ0) is 17.0. The molecule has 0 bridgehead atoms. The van der Waals surface area contributed by atoms with Crippen molar-refractivity contribution in [2.45, 2.75) is 12.7 Å². The average molecular weight is 354 g/mol. The molecule has 0 saturated heterocycles. The van der Waals surface area contributed by atoms with Gasteiger partial charge in [-0.05, 0) is 36.2 Å². The van der Waals surface area contributed by atoms with E-state index < -0.39 is 16.0 Å². The van der Waals surface area contributed by atoms with Crippen LogP contribution in [0.25, 0.3) is 0 Å². The van der Waals surface area contributed by atoms with Gasteiger partial charge in [-0.2, -0.15) is 0 Å². The monoisotopic (exact) mass is 353 g/mol. The zero-order valence-electron chi connectivity index (χ0n) is 12.7. The molecule has 0 fully saturated rings. The summed E-state index contributed by atoms with van der Waals surface area (Å²) < 4.78 is 31.7. The number of halogens is 1. The zero-order valence-corrected chi connectivity index (χ0v) is 14.2. The van der Waals surface area contributed by atoms with Crippen LogP contribution < -0.4 is 4.72 Å². The van der Waals surface area contributed by atoms with Crippen LogP contribution in [0.1, 0.15) is 21.5 Å². The highest BCUT2D eigenvalue weighted by atomic mass is 35.5. The highest BCUT2D eigenvalue weighted by molar-refractivity contribution is 7.91. The van der Waals surface area contributed by atoms with E-state index in [0.717, 1.165) is 5.56 Å². The van der Waals surface area contributed by atoms with Crippen LogP contribution in [-0.2, 0) is 20.5 Å². The molecule has 0 saturated carbocycles. The van der Waals surface area contributed by atoms with Gasteiger partial charge in [0.2, 0.25) is 10.0 Å². The van der Waals surface area contributed by atoms with Crippen molar-refractivity contribution >= 4 is 33.3 Å². The number of sulfonamides is 1. The van der Waals surface area contributed by atoms with Crippen molar-refractivity contribution in [3.05, 3.63) is 64.2 Å². The first-order chi connectivity index (χ1) is 10.8. The summed E-state index contributed by atoms with van der Waals surface area (Å²) in [5, 5.41) is 0.193. The van der Waals surface area contributed by atoms with E-state index in [0.29, 0.717) is 5.56 Å². The second kappa shape index (κ2) is 7.02. The quantitative estimate of drug-likeness (QED) is 0.836. The van der Waals surface area contributed by atoms with E-state index in [-0.39, 0.29) is 22.0 Å². The Balaban J connectivity index is 2.24. The molecule has 0 heterocycles. The minimum atomic E-state index is -3.62. The van der Waals surface area contributed by atoms with Gasteiger partial charge in [0, 0.05) is 5.69 Å². The van der Waals surface area contributed by atoms with Gasteiger partial charge >= 0.3 is 5.97 Å². The van der Waals surface area contributed by atoms with Crippen molar-refractivity contribution in [3.8, 4) is 0 Å². The summed E-state index contributed by atoms with van der Waals surface area (Å²) in [5.74, 6) is -0.787. The molecule has 0 atom stereocenters. The number of methoxy groups -OCH3 is 1. The molecular formula is C16H16ClNO4S. The van der Waals surface area contributed by atoms with E-state index in [2.05, 4.69) is 9.46 Å². The first kappa shape index (κ1) is 17.3. The SMILES string of the molecule is COC(=O)c1cc(NS(=O)(=O)Cc2ccccc2C)ccc1Cl. The van der Waals surface area contributed by atoms with Gasteiger partial charge < -0.3 is 4.74 Å². The average Bonchev–Trinajstić information content (AvgIpc) is 2.50. The van der Waals surface area contributed by atoms with E-state index in [1.807, 2.05) is 19.1 Å². The summed E-state index contributed by atoms with van der Waals surface area (Å²) in [6.07, 6.45) is 0. The van der Waals surface area contributed by atoms with Crippen LogP contribution in [0.4, 0.5) is 5.69 Å². The minimum Gasteiger partial charge on any atom is -0.465 e. The van der Waals surface area contributed by atoms with Gasteiger partial charge in [-0.1, -0.05) is 35.9 Å². The van der Waals surface area contributed by atoms with E-state index >= 15 is 0 Å². The van der Waals surface area contributed by atoms with E-state index in [1.165, 1.54) is 25.3 Å². The van der Waals surface area contributed by atoms with E-state index in [9.17, 15) is 13.2 Å². The lowest BCUT2D eigenvalue weighted by Crippen LogP contribution is -2.16. The molecule has 2 aromatic rings. The normalized spacial score (nSPS) is 11.1. The Labute approximate surface area is 140 Å². The predicted octanol–water partition coefficient (Wildman–Crippen LogP) is 3.38. The topological polar surface area (TPSA) is 72.5 Å². The molecule has 0 radical (unpaired) electrons. The van der Waals surface area contributed by atoms with Gasteiger partial charge in [-0.15, -0.1) is 0 Å². The van der Waals surface area contributed by atoms with Crippen LogP contribution in [0.2, 0.25) is 5.02 Å². The Hall–Kier alpha value is -2.05. The fourth-order valence-electron chi connectivity index (χ4n) is 2.05. The van der Waals surface area contributed by atoms with Gasteiger partial charge in [-0.25, -0.2) is 13.2 Å². The molecule has 23 heavy (non-hydrogen) atoms. The number of ether oxygens (including phenoxy) is 1. The summed E-state index contributed by atoms with van der Waals surface area (Å²) in [6, 6.07) is 11.5. The number of benzene rings is 2. The Morgan fingerprint density at radius 2 is 1.91 bits per heavy atom. The number of hydrogen-bond donors (Lipinski definition) is 1. The molecule has 2 aromatic carbocycles. The third kappa shape index (κ3) is 4.46. The lowest BCUT2D eigenvalue weighted by Gasteiger charge is -2.11. The molecule has 0 amide bonds. The van der Waals surface area contributed by atoms with Crippen LogP contribution in [0, 0.1) is 6.92 Å². The summed E-state index contributed by atoms with van der Waals surface area (Å²) >= 11 is 5.91. The molecular weight excluding hydrogens is 338 g/mol. The number of aryl methyl sites for hydroxylation is 1. The van der Waals surface area contributed by atoms with Gasteiger partial charge in [-0.3, -0.25) is 4.72 Å². The molecule has 122 valence electrons. The number of carbonyl (C=O) groups excluding carboxylic acids is 1. The Kier molecular flexibility index (Phi) is 5.28. The smallest absolute Gasteiger partial charge is 0.339 e. The first-order valence-corrected chi connectivity index (χ1v) is 8.78. The van der Waals surface area contributed by atoms with Crippen molar-refractivity contribution in [1.29, 1.82) is 0 Å². The summed E-state index contributed by atoms with van der Waals surface area (Å²) in [6.45, 7) is 1.85. The Morgan fingerprint density at radius 1 is 1.22 bits per heavy atom. The van der Waals surface area contributed by atoms with E-state index in [4.69, 9.17) is 11.6 Å². The minimum absolute atomic E-state index is 0.102. The highest BCUT2D eigenvalue weighted by Crippen LogP contribution is 2.23. The standard InChI is InChI=1S/C16H16ClNO4S/c1-11-5-3-4-6-12(11)10-23(20,21)18-13-7-8-15(17)14(9-13)16(19)22-2/h3-9,18H,10H2,1-2H3. The highest BCUT2D eigenvalue weighted by Gasteiger charge is 2.16. The van der Waals surface area contributed by atoms with Crippen molar-refractivity contribution in [1.82, 2.24) is 0 Å². The van der Waals surface area contributed by atoms with Gasteiger partial charge in [0.25, 0.3) is 0 Å². The number of hydrogen-bond acceptors (Lipinski definition) is 4. The molecule has 0 spiro atoms. The van der Waals surface area contributed by atoms with Gasteiger partial charge in [0.1, 0.15) is 0 Å². The van der Waals surface area contributed by atoms with Crippen molar-refractivity contribution < 1.29 is 17.9 Å². The molecule has 0 aliphatic rings. The Morgan fingerprint density at radius 3 is 2.57 bits per heavy atom. The lowest BCUT2D eigenvalue weighted by atomic mass is 10.1. The van der Waals surface area contributed by atoms with Crippen molar-refractivity contribution in [2.24, 2.45) is 0 Å². The summed E-state index contributed by atoms with van der Waals surface area (Å²) in [4.78, 5) is 11.6. The third-order valence-electron chi connectivity index (χ3n) is 3.25. The maximum absolute atomic E-state index is 12.3. The fraction of sp³-hybridized carbons (Fsp3) is 0.188. The molecule has 2 rings (SSSR count). The molecule has 0 aliphatic heterocycles. The van der Waals surface area contributed by atoms with Crippen LogP contribution in [0.15, 0.2) is 42.5 Å². The molecule has 7 heteroatoms. The summed E-state index contributed by atoms with van der Waals surface area (Å²) in [7, 11) is -2.39. The second-order valence-electron chi connectivity index (χ2n) is 4.97. The van der Waals surface area contributed by atoms with Crippen LogP contribution in [-0.4, -0.2) is 21.5 Å². The maximum atomic E-state index is 12.3. The van der Waals surface area contributed by atoms with Crippen LogP contribution in [0.3, 0.4) is 0 Å². The molecule has 0 unspecified atom stereocenters. The molecule has 0 aromatic heterocycles. The van der Waals surface area contributed by atoms with Crippen LogP contribution in [0.5, 0.6) is 0 Å².